The average molecular weight is 394 g/mol. The maximum atomic E-state index is 12.8. The van der Waals surface area contributed by atoms with Crippen molar-refractivity contribution in [3.63, 3.8) is 0 Å². The molecule has 9 heteroatoms. The number of anilines is 1. The number of thiophene rings is 1. The largest absolute Gasteiger partial charge is 0.478 e. The minimum absolute atomic E-state index is 0.00561. The van der Waals surface area contributed by atoms with Crippen LogP contribution in [0.3, 0.4) is 0 Å². The van der Waals surface area contributed by atoms with Gasteiger partial charge in [-0.1, -0.05) is 6.07 Å². The van der Waals surface area contributed by atoms with Gasteiger partial charge in [0.15, 0.2) is 0 Å². The minimum atomic E-state index is -3.71. The van der Waals surface area contributed by atoms with Crippen LogP contribution >= 0.6 is 11.3 Å². The Balaban J connectivity index is 1.90. The number of nitrogens with zero attached hydrogens (tertiary/aromatic N) is 1. The number of amides is 1. The van der Waals surface area contributed by atoms with Crippen LogP contribution in [0.4, 0.5) is 5.69 Å². The summed E-state index contributed by atoms with van der Waals surface area (Å²) in [6, 6.07) is 5.84. The van der Waals surface area contributed by atoms with Gasteiger partial charge in [0.2, 0.25) is 10.0 Å². The van der Waals surface area contributed by atoms with Crippen molar-refractivity contribution < 1.29 is 23.1 Å². The molecule has 0 aliphatic carbocycles. The van der Waals surface area contributed by atoms with E-state index in [0.29, 0.717) is 24.3 Å². The van der Waals surface area contributed by atoms with Crippen molar-refractivity contribution >= 4 is 38.9 Å². The molecule has 1 saturated heterocycles. The summed E-state index contributed by atoms with van der Waals surface area (Å²) in [4.78, 5) is 23.9. The van der Waals surface area contributed by atoms with Crippen LogP contribution in [-0.2, 0) is 10.0 Å². The molecule has 0 radical (unpaired) electrons. The van der Waals surface area contributed by atoms with Crippen LogP contribution in [0, 0.1) is 6.92 Å². The van der Waals surface area contributed by atoms with Gasteiger partial charge < -0.3 is 10.4 Å². The van der Waals surface area contributed by atoms with E-state index in [9.17, 15) is 18.0 Å². The number of benzene rings is 1. The van der Waals surface area contributed by atoms with Gasteiger partial charge in [-0.3, -0.25) is 4.79 Å². The van der Waals surface area contributed by atoms with Crippen LogP contribution in [0.5, 0.6) is 0 Å². The lowest BCUT2D eigenvalue weighted by Crippen LogP contribution is -2.29. The van der Waals surface area contributed by atoms with Crippen molar-refractivity contribution in [1.29, 1.82) is 0 Å². The highest BCUT2D eigenvalue weighted by molar-refractivity contribution is 7.89. The fraction of sp³-hybridized carbons (Fsp3) is 0.294. The number of hydrogen-bond donors (Lipinski definition) is 2. The van der Waals surface area contributed by atoms with Gasteiger partial charge in [0.25, 0.3) is 5.91 Å². The number of aryl methyl sites for hydroxylation is 1. The monoisotopic (exact) mass is 394 g/mol. The Morgan fingerprint density at radius 1 is 1.19 bits per heavy atom. The number of sulfonamides is 1. The van der Waals surface area contributed by atoms with Gasteiger partial charge in [-0.05, 0) is 48.9 Å². The molecule has 1 fully saturated rings. The van der Waals surface area contributed by atoms with E-state index in [0.717, 1.165) is 24.2 Å². The molecule has 2 heterocycles. The zero-order valence-corrected chi connectivity index (χ0v) is 15.7. The molecule has 1 aromatic heterocycles. The smallest absolute Gasteiger partial charge is 0.335 e. The predicted octanol–water partition coefficient (Wildman–Crippen LogP) is 2.79. The van der Waals surface area contributed by atoms with Gasteiger partial charge in [0.05, 0.1) is 5.56 Å². The molecule has 1 aromatic carbocycles. The number of carboxylic acid groups (broad SMARTS) is 1. The molecule has 1 aliphatic rings. The van der Waals surface area contributed by atoms with E-state index >= 15 is 0 Å². The Hall–Kier alpha value is -2.23. The molecule has 1 amide bonds. The number of aromatic carboxylic acids is 1. The molecule has 7 nitrogen and oxygen atoms in total. The quantitative estimate of drug-likeness (QED) is 0.812. The lowest BCUT2D eigenvalue weighted by atomic mass is 10.1. The van der Waals surface area contributed by atoms with Crippen molar-refractivity contribution in [3.05, 3.63) is 45.6 Å². The van der Waals surface area contributed by atoms with Gasteiger partial charge in [-0.2, -0.15) is 4.31 Å². The highest BCUT2D eigenvalue weighted by atomic mass is 32.2. The van der Waals surface area contributed by atoms with Crippen molar-refractivity contribution in [1.82, 2.24) is 4.31 Å². The molecule has 2 aromatic rings. The maximum Gasteiger partial charge on any atom is 0.335 e. The summed E-state index contributed by atoms with van der Waals surface area (Å²) in [5, 5.41) is 13.3. The molecule has 0 unspecified atom stereocenters. The number of rotatable bonds is 5. The number of carbonyl (C=O) groups excluding carboxylic acids is 1. The zero-order chi connectivity index (χ0) is 18.9. The van der Waals surface area contributed by atoms with Gasteiger partial charge in [0, 0.05) is 18.8 Å². The number of carboxylic acids is 1. The van der Waals surface area contributed by atoms with E-state index in [4.69, 9.17) is 5.11 Å². The summed E-state index contributed by atoms with van der Waals surface area (Å²) in [6.45, 7) is 2.65. The molecule has 0 atom stereocenters. The highest BCUT2D eigenvalue weighted by Gasteiger charge is 2.32. The van der Waals surface area contributed by atoms with E-state index in [1.54, 1.807) is 18.4 Å². The topological polar surface area (TPSA) is 104 Å². The molecule has 3 rings (SSSR count). The molecule has 0 spiro atoms. The van der Waals surface area contributed by atoms with Gasteiger partial charge in [-0.25, -0.2) is 13.2 Å². The summed E-state index contributed by atoms with van der Waals surface area (Å²) in [5.41, 5.74) is 1.07. The van der Waals surface area contributed by atoms with Crippen LogP contribution in [0.2, 0.25) is 0 Å². The molecule has 0 saturated carbocycles. The third-order valence-electron chi connectivity index (χ3n) is 4.25. The molecule has 26 heavy (non-hydrogen) atoms. The van der Waals surface area contributed by atoms with E-state index in [-0.39, 0.29) is 15.3 Å². The van der Waals surface area contributed by atoms with Crippen molar-refractivity contribution in [2.24, 2.45) is 0 Å². The van der Waals surface area contributed by atoms with Crippen LogP contribution in [-0.4, -0.2) is 42.8 Å². The molecule has 2 N–H and O–H groups in total. The van der Waals surface area contributed by atoms with Gasteiger partial charge in [-0.15, -0.1) is 11.3 Å². The minimum Gasteiger partial charge on any atom is -0.478 e. The first-order valence-corrected chi connectivity index (χ1v) is 10.4. The van der Waals surface area contributed by atoms with E-state index < -0.39 is 21.9 Å². The SMILES string of the molecule is Cc1ccc(C(=O)O)cc1NC(=O)c1sccc1S(=O)(=O)N1CCCC1. The summed E-state index contributed by atoms with van der Waals surface area (Å²) < 4.78 is 26.9. The van der Waals surface area contributed by atoms with Crippen molar-refractivity contribution in [2.75, 3.05) is 18.4 Å². The normalized spacial score (nSPS) is 15.1. The van der Waals surface area contributed by atoms with Crippen LogP contribution in [0.25, 0.3) is 0 Å². The second-order valence-electron chi connectivity index (χ2n) is 6.01. The lowest BCUT2D eigenvalue weighted by molar-refractivity contribution is 0.0696. The second kappa shape index (κ2) is 7.18. The standard InChI is InChI=1S/C17H18N2O5S2/c1-11-4-5-12(17(21)22)10-13(11)18-16(20)15-14(6-9-25-15)26(23,24)19-7-2-3-8-19/h4-6,9-10H,2-3,7-8H2,1H3,(H,18,20)(H,21,22). The molecule has 138 valence electrons. The van der Waals surface area contributed by atoms with Crippen LogP contribution in [0.15, 0.2) is 34.5 Å². The molecular formula is C17H18N2O5S2. The Labute approximate surface area is 155 Å². The van der Waals surface area contributed by atoms with Crippen molar-refractivity contribution in [3.8, 4) is 0 Å². The van der Waals surface area contributed by atoms with Gasteiger partial charge >= 0.3 is 5.97 Å². The molecule has 1 aliphatic heterocycles. The number of hydrogen-bond acceptors (Lipinski definition) is 5. The highest BCUT2D eigenvalue weighted by Crippen LogP contribution is 2.29. The third kappa shape index (κ3) is 3.50. The first kappa shape index (κ1) is 18.6. The number of nitrogens with one attached hydrogen (secondary N) is 1. The third-order valence-corrected chi connectivity index (χ3v) is 7.23. The van der Waals surface area contributed by atoms with E-state index in [1.165, 1.54) is 22.5 Å². The van der Waals surface area contributed by atoms with E-state index in [1.807, 2.05) is 0 Å². The lowest BCUT2D eigenvalue weighted by Gasteiger charge is -2.16. The maximum absolute atomic E-state index is 12.8. The van der Waals surface area contributed by atoms with Crippen molar-refractivity contribution in [2.45, 2.75) is 24.7 Å². The fourth-order valence-corrected chi connectivity index (χ4v) is 5.62. The summed E-state index contributed by atoms with van der Waals surface area (Å²) in [6.07, 6.45) is 1.62. The Bertz CT molecular complexity index is 959. The summed E-state index contributed by atoms with van der Waals surface area (Å²) in [5.74, 6) is -1.67. The first-order chi connectivity index (χ1) is 12.3. The Kier molecular flexibility index (Phi) is 5.12. The average Bonchev–Trinajstić information content (AvgIpc) is 3.28. The molecule has 0 bridgehead atoms. The zero-order valence-electron chi connectivity index (χ0n) is 14.1. The first-order valence-electron chi connectivity index (χ1n) is 8.03. The molecular weight excluding hydrogens is 376 g/mol. The fourth-order valence-electron chi connectivity index (χ4n) is 2.80. The predicted molar refractivity (Wildman–Crippen MR) is 98.4 cm³/mol. The Morgan fingerprint density at radius 2 is 1.88 bits per heavy atom. The number of carbonyl (C=O) groups is 2. The summed E-state index contributed by atoms with van der Waals surface area (Å²) in [7, 11) is -3.71. The van der Waals surface area contributed by atoms with Crippen LogP contribution < -0.4 is 5.32 Å². The van der Waals surface area contributed by atoms with Crippen LogP contribution in [0.1, 0.15) is 38.4 Å². The Morgan fingerprint density at radius 3 is 2.54 bits per heavy atom. The van der Waals surface area contributed by atoms with Gasteiger partial charge in [0.1, 0.15) is 9.77 Å². The van der Waals surface area contributed by atoms with E-state index in [2.05, 4.69) is 5.32 Å². The second-order valence-corrected chi connectivity index (χ2v) is 8.84. The summed E-state index contributed by atoms with van der Waals surface area (Å²) >= 11 is 1.04.